The highest BCUT2D eigenvalue weighted by atomic mass is 32.1. The van der Waals surface area contributed by atoms with Crippen LogP contribution >= 0.6 is 11.3 Å². The topological polar surface area (TPSA) is 61.0 Å². The Labute approximate surface area is 94.1 Å². The molecule has 0 saturated heterocycles. The Bertz CT molecular complexity index is 515. The summed E-state index contributed by atoms with van der Waals surface area (Å²) in [5.74, 6) is 0.144. The van der Waals surface area contributed by atoms with Crippen LogP contribution in [0.4, 0.5) is 14.7 Å². The van der Waals surface area contributed by atoms with Gasteiger partial charge in [0.1, 0.15) is 4.83 Å². The molecule has 86 valence electrons. The van der Waals surface area contributed by atoms with Crippen molar-refractivity contribution in [2.45, 2.75) is 13.3 Å². The van der Waals surface area contributed by atoms with Crippen molar-refractivity contribution in [1.82, 2.24) is 9.97 Å². The maximum atomic E-state index is 12.0. The second kappa shape index (κ2) is 4.17. The zero-order valence-electron chi connectivity index (χ0n) is 8.41. The van der Waals surface area contributed by atoms with Gasteiger partial charge >= 0.3 is 0 Å². The second-order valence-electron chi connectivity index (χ2n) is 3.16. The van der Waals surface area contributed by atoms with Crippen LogP contribution in [0.1, 0.15) is 4.88 Å². The number of nitrogen functional groups attached to an aromatic ring is 1. The van der Waals surface area contributed by atoms with Crippen LogP contribution in [0, 0.1) is 6.92 Å². The molecular formula is C9H9F2N3OS. The van der Waals surface area contributed by atoms with Gasteiger partial charge in [0, 0.05) is 4.88 Å². The van der Waals surface area contributed by atoms with Gasteiger partial charge in [0.05, 0.1) is 5.39 Å². The lowest BCUT2D eigenvalue weighted by Crippen LogP contribution is -2.09. The molecule has 0 unspecified atom stereocenters. The number of nitrogens with two attached hydrogens (primary N) is 1. The molecule has 0 aliphatic rings. The smallest absolute Gasteiger partial charge is 0.272 e. The molecule has 16 heavy (non-hydrogen) atoms. The fourth-order valence-electron chi connectivity index (χ4n) is 1.28. The van der Waals surface area contributed by atoms with Crippen molar-refractivity contribution < 1.29 is 13.5 Å². The van der Waals surface area contributed by atoms with Gasteiger partial charge in [-0.25, -0.2) is 13.8 Å². The Morgan fingerprint density at radius 1 is 1.50 bits per heavy atom. The maximum Gasteiger partial charge on any atom is 0.272 e. The average molecular weight is 245 g/mol. The standard InChI is InChI=1S/C9H9F2N3OS/c1-4-2-5-7(15-3-6(10)11)13-9(12)14-8(5)16-4/h2,6H,3H2,1H3,(H2,12,13,14). The second-order valence-corrected chi connectivity index (χ2v) is 4.40. The predicted molar refractivity (Wildman–Crippen MR) is 58.1 cm³/mol. The third-order valence-corrected chi connectivity index (χ3v) is 2.79. The van der Waals surface area contributed by atoms with Gasteiger partial charge < -0.3 is 10.5 Å². The van der Waals surface area contributed by atoms with Gasteiger partial charge in [-0.15, -0.1) is 11.3 Å². The van der Waals surface area contributed by atoms with Crippen LogP contribution in [0.15, 0.2) is 6.07 Å². The third kappa shape index (κ3) is 2.19. The molecule has 2 N–H and O–H groups in total. The Kier molecular flexibility index (Phi) is 2.86. The van der Waals surface area contributed by atoms with Crippen molar-refractivity contribution >= 4 is 27.5 Å². The first-order chi connectivity index (χ1) is 7.56. The van der Waals surface area contributed by atoms with Gasteiger partial charge in [0.2, 0.25) is 11.8 Å². The number of thiophene rings is 1. The van der Waals surface area contributed by atoms with Gasteiger partial charge in [-0.2, -0.15) is 4.98 Å². The molecule has 0 fully saturated rings. The molecule has 2 aromatic heterocycles. The van der Waals surface area contributed by atoms with Gasteiger partial charge in [-0.3, -0.25) is 0 Å². The van der Waals surface area contributed by atoms with Gasteiger partial charge in [0.15, 0.2) is 6.61 Å². The molecule has 0 amide bonds. The molecule has 0 atom stereocenters. The lowest BCUT2D eigenvalue weighted by molar-refractivity contribution is 0.0805. The third-order valence-electron chi connectivity index (χ3n) is 1.84. The zero-order valence-corrected chi connectivity index (χ0v) is 9.22. The molecular weight excluding hydrogens is 236 g/mol. The Morgan fingerprint density at radius 2 is 2.25 bits per heavy atom. The summed E-state index contributed by atoms with van der Waals surface area (Å²) < 4.78 is 29.0. The molecule has 7 heteroatoms. The van der Waals surface area contributed by atoms with Crippen molar-refractivity contribution in [3.05, 3.63) is 10.9 Å². The fourth-order valence-corrected chi connectivity index (χ4v) is 2.16. The number of ether oxygens (including phenoxy) is 1. The van der Waals surface area contributed by atoms with Crippen molar-refractivity contribution in [3.63, 3.8) is 0 Å². The maximum absolute atomic E-state index is 12.0. The summed E-state index contributed by atoms with van der Waals surface area (Å²) in [7, 11) is 0. The number of hydrogen-bond donors (Lipinski definition) is 1. The van der Waals surface area contributed by atoms with Crippen molar-refractivity contribution in [2.75, 3.05) is 12.3 Å². The number of fused-ring (bicyclic) bond motifs is 1. The van der Waals surface area contributed by atoms with E-state index in [0.29, 0.717) is 10.2 Å². The van der Waals surface area contributed by atoms with Gasteiger partial charge in [0.25, 0.3) is 6.43 Å². The summed E-state index contributed by atoms with van der Waals surface area (Å²) in [6.45, 7) is 1.19. The number of aryl methyl sites for hydroxylation is 1. The lowest BCUT2D eigenvalue weighted by Gasteiger charge is -2.05. The Balaban J connectivity index is 2.41. The minimum atomic E-state index is -2.54. The number of nitrogens with zero attached hydrogens (tertiary/aromatic N) is 2. The van der Waals surface area contributed by atoms with Crippen LogP contribution in [0.5, 0.6) is 5.88 Å². The van der Waals surface area contributed by atoms with Gasteiger partial charge in [-0.05, 0) is 13.0 Å². The molecule has 0 bridgehead atoms. The van der Waals surface area contributed by atoms with Crippen molar-refractivity contribution in [3.8, 4) is 5.88 Å². The molecule has 0 spiro atoms. The van der Waals surface area contributed by atoms with Crippen LogP contribution in [0.3, 0.4) is 0 Å². The Morgan fingerprint density at radius 3 is 2.94 bits per heavy atom. The molecule has 4 nitrogen and oxygen atoms in total. The van der Waals surface area contributed by atoms with E-state index in [-0.39, 0.29) is 11.8 Å². The number of halogens is 2. The molecule has 0 aliphatic carbocycles. The van der Waals surface area contributed by atoms with E-state index in [2.05, 4.69) is 9.97 Å². The van der Waals surface area contributed by atoms with E-state index in [1.54, 1.807) is 6.07 Å². The first-order valence-corrected chi connectivity index (χ1v) is 5.32. The summed E-state index contributed by atoms with van der Waals surface area (Å²) in [6, 6.07) is 1.79. The lowest BCUT2D eigenvalue weighted by atomic mass is 10.3. The molecule has 0 aromatic carbocycles. The van der Waals surface area contributed by atoms with Crippen LogP contribution in [-0.4, -0.2) is 23.0 Å². The van der Waals surface area contributed by atoms with E-state index in [9.17, 15) is 8.78 Å². The molecule has 0 aliphatic heterocycles. The molecule has 2 aromatic rings. The minimum absolute atomic E-state index is 0.0265. The summed E-state index contributed by atoms with van der Waals surface area (Å²) in [6.07, 6.45) is -2.54. The van der Waals surface area contributed by atoms with Crippen molar-refractivity contribution in [2.24, 2.45) is 0 Å². The number of rotatable bonds is 3. The average Bonchev–Trinajstić information content (AvgIpc) is 2.54. The highest BCUT2D eigenvalue weighted by Gasteiger charge is 2.12. The van der Waals surface area contributed by atoms with E-state index in [1.807, 2.05) is 6.92 Å². The number of hydrogen-bond acceptors (Lipinski definition) is 5. The summed E-state index contributed by atoms with van der Waals surface area (Å²) in [5.41, 5.74) is 5.46. The summed E-state index contributed by atoms with van der Waals surface area (Å²) in [5, 5.41) is 0.623. The van der Waals surface area contributed by atoms with Crippen LogP contribution < -0.4 is 10.5 Å². The number of aromatic nitrogens is 2. The van der Waals surface area contributed by atoms with Crippen molar-refractivity contribution in [1.29, 1.82) is 0 Å². The largest absolute Gasteiger partial charge is 0.471 e. The Hall–Kier alpha value is -1.50. The SMILES string of the molecule is Cc1cc2c(OCC(F)F)nc(N)nc2s1. The molecule has 0 saturated carbocycles. The molecule has 2 heterocycles. The van der Waals surface area contributed by atoms with E-state index in [4.69, 9.17) is 10.5 Å². The summed E-state index contributed by atoms with van der Waals surface area (Å²) >= 11 is 1.42. The zero-order chi connectivity index (χ0) is 11.7. The van der Waals surface area contributed by atoms with E-state index in [1.165, 1.54) is 11.3 Å². The molecule has 0 radical (unpaired) electrons. The quantitative estimate of drug-likeness (QED) is 0.900. The monoisotopic (exact) mass is 245 g/mol. The highest BCUT2D eigenvalue weighted by Crippen LogP contribution is 2.30. The predicted octanol–water partition coefficient (Wildman–Crippen LogP) is 2.23. The van der Waals surface area contributed by atoms with Gasteiger partial charge in [-0.1, -0.05) is 0 Å². The first-order valence-electron chi connectivity index (χ1n) is 4.51. The normalized spacial score (nSPS) is 11.2. The van der Waals surface area contributed by atoms with E-state index < -0.39 is 13.0 Å². The van der Waals surface area contributed by atoms with E-state index in [0.717, 1.165) is 4.88 Å². The van der Waals surface area contributed by atoms with Crippen LogP contribution in [0.2, 0.25) is 0 Å². The fraction of sp³-hybridized carbons (Fsp3) is 0.333. The number of anilines is 1. The van der Waals surface area contributed by atoms with Crippen LogP contribution in [0.25, 0.3) is 10.2 Å². The van der Waals surface area contributed by atoms with Crippen LogP contribution in [-0.2, 0) is 0 Å². The summed E-state index contributed by atoms with van der Waals surface area (Å²) in [4.78, 5) is 9.45. The number of alkyl halides is 2. The highest BCUT2D eigenvalue weighted by molar-refractivity contribution is 7.18. The first kappa shape index (κ1) is 11.0. The van der Waals surface area contributed by atoms with E-state index >= 15 is 0 Å². The molecule has 2 rings (SSSR count). The minimum Gasteiger partial charge on any atom is -0.471 e.